The lowest BCUT2D eigenvalue weighted by Crippen LogP contribution is -2.39. The second-order valence-electron chi connectivity index (χ2n) is 5.07. The van der Waals surface area contributed by atoms with Crippen LogP contribution in [0.2, 0.25) is 0 Å². The molecule has 0 bridgehead atoms. The van der Waals surface area contributed by atoms with Gasteiger partial charge in [0.15, 0.2) is 0 Å². The van der Waals surface area contributed by atoms with Crippen LogP contribution in [0.1, 0.15) is 33.6 Å². The Hall–Kier alpha value is -1.10. The third-order valence-electron chi connectivity index (χ3n) is 3.59. The van der Waals surface area contributed by atoms with E-state index in [0.717, 1.165) is 32.5 Å². The molecule has 19 heavy (non-hydrogen) atoms. The SMILES string of the molecule is CCOC(=O)CN1CCCN(C(=O)C(C)CC)CC1. The Balaban J connectivity index is 2.43. The van der Waals surface area contributed by atoms with E-state index in [0.29, 0.717) is 19.7 Å². The van der Waals surface area contributed by atoms with Gasteiger partial charge >= 0.3 is 5.97 Å². The van der Waals surface area contributed by atoms with Crippen LogP contribution in [0.5, 0.6) is 0 Å². The number of hydrogen-bond acceptors (Lipinski definition) is 4. The maximum atomic E-state index is 12.1. The first-order chi connectivity index (χ1) is 9.08. The molecule has 0 aromatic rings. The lowest BCUT2D eigenvalue weighted by Gasteiger charge is -2.24. The van der Waals surface area contributed by atoms with Crippen LogP contribution in [-0.2, 0) is 14.3 Å². The van der Waals surface area contributed by atoms with Crippen molar-refractivity contribution in [2.24, 2.45) is 5.92 Å². The van der Waals surface area contributed by atoms with Gasteiger partial charge in [0.05, 0.1) is 13.2 Å². The van der Waals surface area contributed by atoms with Crippen molar-refractivity contribution in [2.75, 3.05) is 39.3 Å². The van der Waals surface area contributed by atoms with Crippen molar-refractivity contribution in [1.82, 2.24) is 9.80 Å². The molecular weight excluding hydrogens is 244 g/mol. The average Bonchev–Trinajstić information content (AvgIpc) is 2.63. The first-order valence-corrected chi connectivity index (χ1v) is 7.25. The van der Waals surface area contributed by atoms with Gasteiger partial charge in [-0.15, -0.1) is 0 Å². The van der Waals surface area contributed by atoms with E-state index in [2.05, 4.69) is 4.90 Å². The summed E-state index contributed by atoms with van der Waals surface area (Å²) >= 11 is 0. The van der Waals surface area contributed by atoms with E-state index in [1.54, 1.807) is 0 Å². The molecule has 110 valence electrons. The molecule has 1 fully saturated rings. The summed E-state index contributed by atoms with van der Waals surface area (Å²) in [6.45, 7) is 9.68. The molecule has 1 aliphatic heterocycles. The van der Waals surface area contributed by atoms with Crippen molar-refractivity contribution in [3.8, 4) is 0 Å². The molecule has 0 aromatic heterocycles. The zero-order valence-corrected chi connectivity index (χ0v) is 12.4. The molecule has 1 amide bonds. The number of carbonyl (C=O) groups excluding carboxylic acids is 2. The summed E-state index contributed by atoms with van der Waals surface area (Å²) < 4.78 is 4.95. The van der Waals surface area contributed by atoms with E-state index in [1.807, 2.05) is 25.7 Å². The number of esters is 1. The van der Waals surface area contributed by atoms with Crippen LogP contribution in [0.3, 0.4) is 0 Å². The van der Waals surface area contributed by atoms with Gasteiger partial charge in [-0.2, -0.15) is 0 Å². The van der Waals surface area contributed by atoms with Crippen LogP contribution in [0, 0.1) is 5.92 Å². The van der Waals surface area contributed by atoms with Crippen molar-refractivity contribution in [1.29, 1.82) is 0 Å². The average molecular weight is 270 g/mol. The number of ether oxygens (including phenoxy) is 1. The lowest BCUT2D eigenvalue weighted by atomic mass is 10.1. The highest BCUT2D eigenvalue weighted by Crippen LogP contribution is 2.10. The summed E-state index contributed by atoms with van der Waals surface area (Å²) in [6.07, 6.45) is 1.80. The standard InChI is InChI=1S/C14H26N2O3/c1-4-12(3)14(18)16-8-6-7-15(9-10-16)11-13(17)19-5-2/h12H,4-11H2,1-3H3. The minimum Gasteiger partial charge on any atom is -0.465 e. The van der Waals surface area contributed by atoms with Gasteiger partial charge in [-0.3, -0.25) is 14.5 Å². The van der Waals surface area contributed by atoms with Crippen LogP contribution < -0.4 is 0 Å². The van der Waals surface area contributed by atoms with E-state index in [-0.39, 0.29) is 17.8 Å². The number of amides is 1. The normalized spacial score (nSPS) is 18.8. The first-order valence-electron chi connectivity index (χ1n) is 7.25. The predicted octanol–water partition coefficient (Wildman–Crippen LogP) is 1.13. The van der Waals surface area contributed by atoms with Crippen molar-refractivity contribution >= 4 is 11.9 Å². The van der Waals surface area contributed by atoms with Crippen LogP contribution in [0.4, 0.5) is 0 Å². The smallest absolute Gasteiger partial charge is 0.320 e. The first kappa shape index (κ1) is 16.0. The maximum Gasteiger partial charge on any atom is 0.320 e. The molecule has 1 rings (SSSR count). The molecule has 0 N–H and O–H groups in total. The molecule has 0 aromatic carbocycles. The lowest BCUT2D eigenvalue weighted by molar-refractivity contribution is -0.144. The van der Waals surface area contributed by atoms with Gasteiger partial charge in [-0.25, -0.2) is 0 Å². The zero-order valence-electron chi connectivity index (χ0n) is 12.4. The third kappa shape index (κ3) is 5.19. The Bertz CT molecular complexity index is 307. The van der Waals surface area contributed by atoms with Gasteiger partial charge in [0.25, 0.3) is 0 Å². The highest BCUT2D eigenvalue weighted by molar-refractivity contribution is 5.78. The van der Waals surface area contributed by atoms with Gasteiger partial charge in [0, 0.05) is 32.1 Å². The van der Waals surface area contributed by atoms with E-state index in [4.69, 9.17) is 4.74 Å². The fourth-order valence-electron chi connectivity index (χ4n) is 2.22. The molecular formula is C14H26N2O3. The fourth-order valence-corrected chi connectivity index (χ4v) is 2.22. The minimum atomic E-state index is -0.177. The van der Waals surface area contributed by atoms with Gasteiger partial charge in [0.1, 0.15) is 0 Å². The molecule has 0 spiro atoms. The largest absolute Gasteiger partial charge is 0.465 e. The monoisotopic (exact) mass is 270 g/mol. The second kappa shape index (κ2) is 8.15. The Morgan fingerprint density at radius 2 is 1.89 bits per heavy atom. The summed E-state index contributed by atoms with van der Waals surface area (Å²) in [7, 11) is 0. The van der Waals surface area contributed by atoms with Crippen molar-refractivity contribution < 1.29 is 14.3 Å². The van der Waals surface area contributed by atoms with Gasteiger partial charge < -0.3 is 9.64 Å². The van der Waals surface area contributed by atoms with Crippen LogP contribution in [0.15, 0.2) is 0 Å². The summed E-state index contributed by atoms with van der Waals surface area (Å²) in [5, 5.41) is 0. The summed E-state index contributed by atoms with van der Waals surface area (Å²) in [5.74, 6) is 0.154. The number of rotatable bonds is 5. The number of hydrogen-bond donors (Lipinski definition) is 0. The Morgan fingerprint density at radius 1 is 1.16 bits per heavy atom. The fraction of sp³-hybridized carbons (Fsp3) is 0.857. The van der Waals surface area contributed by atoms with E-state index < -0.39 is 0 Å². The van der Waals surface area contributed by atoms with E-state index in [9.17, 15) is 9.59 Å². The van der Waals surface area contributed by atoms with Gasteiger partial charge in [0.2, 0.25) is 5.91 Å². The Labute approximate surface area is 115 Å². The number of carbonyl (C=O) groups is 2. The summed E-state index contributed by atoms with van der Waals surface area (Å²) in [4.78, 5) is 27.6. The highest BCUT2D eigenvalue weighted by atomic mass is 16.5. The molecule has 0 saturated carbocycles. The van der Waals surface area contributed by atoms with Gasteiger partial charge in [-0.1, -0.05) is 13.8 Å². The van der Waals surface area contributed by atoms with Crippen molar-refractivity contribution in [3.63, 3.8) is 0 Å². The van der Waals surface area contributed by atoms with E-state index in [1.165, 1.54) is 0 Å². The molecule has 5 nitrogen and oxygen atoms in total. The molecule has 1 unspecified atom stereocenters. The number of nitrogens with zero attached hydrogens (tertiary/aromatic N) is 2. The molecule has 1 heterocycles. The minimum absolute atomic E-state index is 0.0941. The molecule has 0 radical (unpaired) electrons. The molecule has 1 aliphatic rings. The topological polar surface area (TPSA) is 49.9 Å². The van der Waals surface area contributed by atoms with Gasteiger partial charge in [-0.05, 0) is 19.8 Å². The second-order valence-corrected chi connectivity index (χ2v) is 5.07. The zero-order chi connectivity index (χ0) is 14.3. The molecule has 0 aliphatic carbocycles. The quantitative estimate of drug-likeness (QED) is 0.703. The summed E-state index contributed by atoms with van der Waals surface area (Å²) in [6, 6.07) is 0. The van der Waals surface area contributed by atoms with Crippen molar-refractivity contribution in [2.45, 2.75) is 33.6 Å². The maximum absolute atomic E-state index is 12.1. The predicted molar refractivity (Wildman–Crippen MR) is 73.7 cm³/mol. The van der Waals surface area contributed by atoms with Crippen LogP contribution in [0.25, 0.3) is 0 Å². The third-order valence-corrected chi connectivity index (χ3v) is 3.59. The van der Waals surface area contributed by atoms with Crippen LogP contribution >= 0.6 is 0 Å². The molecule has 5 heteroatoms. The van der Waals surface area contributed by atoms with Crippen molar-refractivity contribution in [3.05, 3.63) is 0 Å². The Kier molecular flexibility index (Phi) is 6.84. The highest BCUT2D eigenvalue weighted by Gasteiger charge is 2.23. The van der Waals surface area contributed by atoms with Crippen LogP contribution in [-0.4, -0.2) is 61.0 Å². The molecule has 1 atom stereocenters. The Morgan fingerprint density at radius 3 is 2.53 bits per heavy atom. The summed E-state index contributed by atoms with van der Waals surface area (Å²) in [5.41, 5.74) is 0. The van der Waals surface area contributed by atoms with E-state index >= 15 is 0 Å². The molecule has 1 saturated heterocycles.